The Morgan fingerprint density at radius 1 is 1.07 bits per heavy atom. The van der Waals surface area contributed by atoms with Gasteiger partial charge in [0.2, 0.25) is 0 Å². The van der Waals surface area contributed by atoms with Crippen molar-refractivity contribution in [2.45, 2.75) is 31.1 Å². The van der Waals surface area contributed by atoms with Crippen molar-refractivity contribution >= 4 is 46.4 Å². The van der Waals surface area contributed by atoms with Crippen molar-refractivity contribution in [1.82, 2.24) is 0 Å². The van der Waals surface area contributed by atoms with E-state index < -0.39 is 5.38 Å². The van der Waals surface area contributed by atoms with Gasteiger partial charge < -0.3 is 0 Å². The molecule has 0 heterocycles. The highest BCUT2D eigenvalue weighted by Crippen LogP contribution is 2.46. The molecule has 0 nitrogen and oxygen atoms in total. The molecule has 0 spiro atoms. The van der Waals surface area contributed by atoms with Crippen LogP contribution in [0.2, 0.25) is 0 Å². The van der Waals surface area contributed by atoms with Crippen LogP contribution in [0.25, 0.3) is 0 Å². The van der Waals surface area contributed by atoms with Crippen molar-refractivity contribution in [3.63, 3.8) is 0 Å². The fourth-order valence-corrected chi connectivity index (χ4v) is 3.17. The van der Waals surface area contributed by atoms with Crippen molar-refractivity contribution in [3.8, 4) is 0 Å². The number of hydrogen-bond acceptors (Lipinski definition) is 0. The van der Waals surface area contributed by atoms with Gasteiger partial charge in [-0.05, 0) is 31.3 Å². The third-order valence-corrected chi connectivity index (χ3v) is 4.69. The largest absolute Gasteiger partial charge is 0.111 e. The summed E-state index contributed by atoms with van der Waals surface area (Å²) in [7, 11) is 0. The van der Waals surface area contributed by atoms with Gasteiger partial charge in [-0.2, -0.15) is 0 Å². The van der Waals surface area contributed by atoms with Crippen LogP contribution >= 0.6 is 46.4 Å². The van der Waals surface area contributed by atoms with Crippen molar-refractivity contribution in [2.24, 2.45) is 0 Å². The van der Waals surface area contributed by atoms with Crippen LogP contribution in [0.15, 0.2) is 32.3 Å². The molecule has 0 bridgehead atoms. The Labute approximate surface area is 110 Å². The molecule has 0 aliphatic heterocycles. The first-order valence-corrected chi connectivity index (χ1v) is 6.48. The van der Waals surface area contributed by atoms with E-state index in [1.807, 2.05) is 0 Å². The monoisotopic (exact) mass is 282 g/mol. The fraction of sp³-hybridized carbons (Fsp3) is 0.455. The quantitative estimate of drug-likeness (QED) is 0.574. The van der Waals surface area contributed by atoms with Crippen LogP contribution in [0.3, 0.4) is 0 Å². The van der Waals surface area contributed by atoms with Crippen molar-refractivity contribution in [2.75, 3.05) is 0 Å². The van der Waals surface area contributed by atoms with E-state index in [1.165, 1.54) is 18.4 Å². The van der Waals surface area contributed by atoms with E-state index >= 15 is 0 Å². The van der Waals surface area contributed by atoms with Gasteiger partial charge in [0, 0.05) is 5.57 Å². The molecule has 1 unspecified atom stereocenters. The molecule has 0 aromatic rings. The lowest BCUT2D eigenvalue weighted by molar-refractivity contribution is 0.708. The second-order valence-electron chi connectivity index (χ2n) is 3.72. The lowest BCUT2D eigenvalue weighted by Crippen LogP contribution is -1.97. The molecule has 4 heteroatoms. The third kappa shape index (κ3) is 2.10. The summed E-state index contributed by atoms with van der Waals surface area (Å²) in [5.74, 6) is 0. The molecule has 1 atom stereocenters. The normalized spacial score (nSPS) is 27.5. The molecule has 0 saturated carbocycles. The summed E-state index contributed by atoms with van der Waals surface area (Å²) >= 11 is 24.3. The molecule has 0 radical (unpaired) electrons. The lowest BCUT2D eigenvalue weighted by Gasteiger charge is -2.14. The lowest BCUT2D eigenvalue weighted by atomic mass is 9.94. The fourth-order valence-electron chi connectivity index (χ4n) is 1.93. The SMILES string of the molecule is ClC1=C(Cl)C(Cl)C(Cl)=C1C1=CCCCC1. The molecular weight excluding hydrogens is 274 g/mol. The third-order valence-electron chi connectivity index (χ3n) is 2.73. The maximum absolute atomic E-state index is 6.15. The Kier molecular flexibility index (Phi) is 3.72. The summed E-state index contributed by atoms with van der Waals surface area (Å²) < 4.78 is 0. The molecular formula is C11H10Cl4. The molecule has 0 aromatic carbocycles. The molecule has 0 amide bonds. The van der Waals surface area contributed by atoms with E-state index in [4.69, 9.17) is 46.4 Å². The van der Waals surface area contributed by atoms with Crippen molar-refractivity contribution in [3.05, 3.63) is 32.3 Å². The van der Waals surface area contributed by atoms with E-state index in [1.54, 1.807) is 0 Å². The summed E-state index contributed by atoms with van der Waals surface area (Å²) in [6, 6.07) is 0. The maximum atomic E-state index is 6.15. The zero-order valence-corrected chi connectivity index (χ0v) is 11.0. The topological polar surface area (TPSA) is 0 Å². The van der Waals surface area contributed by atoms with Gasteiger partial charge in [0.1, 0.15) is 5.38 Å². The molecule has 15 heavy (non-hydrogen) atoms. The predicted octanol–water partition coefficient (Wildman–Crippen LogP) is 5.29. The van der Waals surface area contributed by atoms with Gasteiger partial charge in [0.25, 0.3) is 0 Å². The van der Waals surface area contributed by atoms with Gasteiger partial charge in [0.15, 0.2) is 0 Å². The van der Waals surface area contributed by atoms with Crippen LogP contribution in [-0.4, -0.2) is 5.38 Å². The number of allylic oxidation sites excluding steroid dienone is 6. The Balaban J connectivity index is 2.40. The Bertz CT molecular complexity index is 376. The van der Waals surface area contributed by atoms with E-state index in [9.17, 15) is 0 Å². The maximum Gasteiger partial charge on any atom is 0.107 e. The molecule has 0 aromatic heterocycles. The summed E-state index contributed by atoms with van der Waals surface area (Å²) in [4.78, 5) is 0. The van der Waals surface area contributed by atoms with Crippen LogP contribution in [0.4, 0.5) is 0 Å². The van der Waals surface area contributed by atoms with Crippen molar-refractivity contribution in [1.29, 1.82) is 0 Å². The molecule has 2 aliphatic carbocycles. The van der Waals surface area contributed by atoms with Gasteiger partial charge in [-0.15, -0.1) is 11.6 Å². The summed E-state index contributed by atoms with van der Waals surface area (Å²) in [6.45, 7) is 0. The van der Waals surface area contributed by atoms with Crippen LogP contribution in [0.5, 0.6) is 0 Å². The smallest absolute Gasteiger partial charge is 0.107 e. The molecule has 0 saturated heterocycles. The average Bonchev–Trinajstić information content (AvgIpc) is 2.45. The number of hydrogen-bond donors (Lipinski definition) is 0. The predicted molar refractivity (Wildman–Crippen MR) is 67.8 cm³/mol. The second kappa shape index (κ2) is 4.71. The van der Waals surface area contributed by atoms with Crippen LogP contribution in [0.1, 0.15) is 25.7 Å². The highest BCUT2D eigenvalue weighted by atomic mass is 35.5. The highest BCUT2D eigenvalue weighted by Gasteiger charge is 2.31. The van der Waals surface area contributed by atoms with Gasteiger partial charge in [0.05, 0.1) is 15.1 Å². The van der Waals surface area contributed by atoms with Gasteiger partial charge in [-0.3, -0.25) is 0 Å². The molecule has 0 N–H and O–H groups in total. The van der Waals surface area contributed by atoms with Gasteiger partial charge >= 0.3 is 0 Å². The van der Waals surface area contributed by atoms with E-state index in [-0.39, 0.29) is 0 Å². The minimum absolute atomic E-state index is 0.449. The molecule has 82 valence electrons. The molecule has 0 fully saturated rings. The van der Waals surface area contributed by atoms with Crippen molar-refractivity contribution < 1.29 is 0 Å². The minimum atomic E-state index is -0.460. The minimum Gasteiger partial charge on any atom is -0.111 e. The zero-order valence-electron chi connectivity index (χ0n) is 7.99. The van der Waals surface area contributed by atoms with E-state index in [2.05, 4.69) is 6.08 Å². The van der Waals surface area contributed by atoms with Gasteiger partial charge in [-0.25, -0.2) is 0 Å². The summed E-state index contributed by atoms with van der Waals surface area (Å²) in [5.41, 5.74) is 2.06. The zero-order chi connectivity index (χ0) is 11.0. The highest BCUT2D eigenvalue weighted by molar-refractivity contribution is 6.51. The molecule has 2 rings (SSSR count). The van der Waals surface area contributed by atoms with E-state index in [0.717, 1.165) is 18.4 Å². The Hall–Kier alpha value is 0.380. The van der Waals surface area contributed by atoms with Crippen LogP contribution < -0.4 is 0 Å². The average molecular weight is 284 g/mol. The molecule has 2 aliphatic rings. The van der Waals surface area contributed by atoms with E-state index in [0.29, 0.717) is 15.1 Å². The Morgan fingerprint density at radius 2 is 1.80 bits per heavy atom. The van der Waals surface area contributed by atoms with Crippen LogP contribution in [-0.2, 0) is 0 Å². The van der Waals surface area contributed by atoms with Gasteiger partial charge in [-0.1, -0.05) is 40.9 Å². The summed E-state index contributed by atoms with van der Waals surface area (Å²) in [5, 5.41) is 1.08. The Morgan fingerprint density at radius 3 is 2.27 bits per heavy atom. The number of alkyl halides is 1. The first kappa shape index (κ1) is 11.9. The van der Waals surface area contributed by atoms with Crippen LogP contribution in [0, 0.1) is 0 Å². The second-order valence-corrected chi connectivity index (χ2v) is 5.35. The number of rotatable bonds is 1. The first-order chi connectivity index (χ1) is 7.13. The first-order valence-electron chi connectivity index (χ1n) is 4.91. The number of halogens is 4. The standard InChI is InChI=1S/C11H10Cl4/c12-8-7(6-4-2-1-3-5-6)9(13)11(15)10(8)14/h4,10H,1-3,5H2. The summed E-state index contributed by atoms with van der Waals surface area (Å²) in [6.07, 6.45) is 6.68.